The standard InChI is InChI=1S/C24H23NO3/c1-28-24(27)22-14-13-20(17-23(22)26)8-4-3-7-19-9-11-21(12-10-19)18-25-15-5-2-6-16-25/h9-14,17,26H,2,5-6,15-16,18H2,1H3. The van der Waals surface area contributed by atoms with Crippen molar-refractivity contribution in [2.45, 2.75) is 25.8 Å². The van der Waals surface area contributed by atoms with E-state index in [2.05, 4.69) is 45.5 Å². The molecular formula is C24H23NO3. The molecule has 0 bridgehead atoms. The highest BCUT2D eigenvalue weighted by Crippen LogP contribution is 2.19. The summed E-state index contributed by atoms with van der Waals surface area (Å²) in [6, 6.07) is 12.8. The zero-order valence-electron chi connectivity index (χ0n) is 16.0. The Bertz CT molecular complexity index is 949. The number of piperidine rings is 1. The zero-order chi connectivity index (χ0) is 19.8. The molecule has 0 saturated carbocycles. The van der Waals surface area contributed by atoms with Crippen molar-refractivity contribution >= 4 is 5.97 Å². The van der Waals surface area contributed by atoms with Crippen LogP contribution in [0.25, 0.3) is 0 Å². The van der Waals surface area contributed by atoms with Crippen LogP contribution in [0.2, 0.25) is 0 Å². The minimum Gasteiger partial charge on any atom is -0.507 e. The third-order valence-electron chi connectivity index (χ3n) is 4.69. The number of carbonyl (C=O) groups excluding carboxylic acids is 1. The number of benzene rings is 2. The maximum atomic E-state index is 11.5. The van der Waals surface area contributed by atoms with Crippen molar-refractivity contribution < 1.29 is 14.6 Å². The van der Waals surface area contributed by atoms with Crippen LogP contribution in [0, 0.1) is 23.7 Å². The van der Waals surface area contributed by atoms with Crippen LogP contribution in [-0.2, 0) is 11.3 Å². The number of rotatable bonds is 3. The second-order valence-corrected chi connectivity index (χ2v) is 6.76. The number of hydrogen-bond donors (Lipinski definition) is 1. The summed E-state index contributed by atoms with van der Waals surface area (Å²) in [4.78, 5) is 14.0. The molecule has 2 aromatic rings. The number of phenols is 1. The molecule has 2 aromatic carbocycles. The van der Waals surface area contributed by atoms with Crippen LogP contribution in [0.5, 0.6) is 5.75 Å². The third-order valence-corrected chi connectivity index (χ3v) is 4.69. The van der Waals surface area contributed by atoms with E-state index in [1.165, 1.54) is 57.2 Å². The summed E-state index contributed by atoms with van der Waals surface area (Å²) in [5, 5.41) is 9.86. The van der Waals surface area contributed by atoms with E-state index in [1.807, 2.05) is 12.1 Å². The average Bonchev–Trinajstić information content (AvgIpc) is 2.73. The lowest BCUT2D eigenvalue weighted by Crippen LogP contribution is -2.29. The lowest BCUT2D eigenvalue weighted by Gasteiger charge is -2.26. The third kappa shape index (κ3) is 5.39. The molecule has 0 aliphatic carbocycles. The average molecular weight is 373 g/mol. The predicted octanol–water partition coefficient (Wildman–Crippen LogP) is 3.57. The Balaban J connectivity index is 1.60. The van der Waals surface area contributed by atoms with E-state index < -0.39 is 5.97 Å². The molecule has 1 N–H and O–H groups in total. The molecule has 1 heterocycles. The molecular weight excluding hydrogens is 350 g/mol. The molecule has 4 heteroatoms. The van der Waals surface area contributed by atoms with Gasteiger partial charge < -0.3 is 9.84 Å². The monoisotopic (exact) mass is 373 g/mol. The smallest absolute Gasteiger partial charge is 0.341 e. The second kappa shape index (κ2) is 9.65. The molecule has 1 aliphatic heterocycles. The fourth-order valence-corrected chi connectivity index (χ4v) is 3.17. The van der Waals surface area contributed by atoms with Gasteiger partial charge in [0.1, 0.15) is 11.3 Å². The Morgan fingerprint density at radius 2 is 1.64 bits per heavy atom. The molecule has 1 saturated heterocycles. The molecule has 1 aliphatic rings. The Morgan fingerprint density at radius 1 is 1.00 bits per heavy atom. The van der Waals surface area contributed by atoms with Crippen molar-refractivity contribution in [1.82, 2.24) is 4.90 Å². The highest BCUT2D eigenvalue weighted by molar-refractivity contribution is 5.92. The molecule has 4 nitrogen and oxygen atoms in total. The maximum absolute atomic E-state index is 11.5. The number of phenolic OH excluding ortho intramolecular Hbond substituents is 1. The molecule has 0 unspecified atom stereocenters. The molecule has 0 radical (unpaired) electrons. The van der Waals surface area contributed by atoms with E-state index in [9.17, 15) is 9.90 Å². The van der Waals surface area contributed by atoms with E-state index in [-0.39, 0.29) is 11.3 Å². The van der Waals surface area contributed by atoms with E-state index in [4.69, 9.17) is 0 Å². The van der Waals surface area contributed by atoms with Crippen LogP contribution < -0.4 is 0 Å². The van der Waals surface area contributed by atoms with E-state index in [0.717, 1.165) is 12.1 Å². The molecule has 1 fully saturated rings. The van der Waals surface area contributed by atoms with Crippen molar-refractivity contribution in [3.05, 3.63) is 64.7 Å². The Labute approximate surface area is 166 Å². The van der Waals surface area contributed by atoms with Crippen LogP contribution in [0.4, 0.5) is 0 Å². The van der Waals surface area contributed by atoms with Crippen LogP contribution in [0.3, 0.4) is 0 Å². The van der Waals surface area contributed by atoms with Crippen LogP contribution in [-0.4, -0.2) is 36.2 Å². The van der Waals surface area contributed by atoms with Gasteiger partial charge in [0, 0.05) is 17.7 Å². The van der Waals surface area contributed by atoms with Crippen LogP contribution in [0.1, 0.15) is 46.3 Å². The van der Waals surface area contributed by atoms with Crippen LogP contribution in [0.15, 0.2) is 42.5 Å². The first-order chi connectivity index (χ1) is 13.7. The molecule has 0 amide bonds. The Kier molecular flexibility index (Phi) is 6.73. The van der Waals surface area contributed by atoms with Gasteiger partial charge in [0.05, 0.1) is 7.11 Å². The van der Waals surface area contributed by atoms with Gasteiger partial charge in [0.25, 0.3) is 0 Å². The first-order valence-electron chi connectivity index (χ1n) is 9.40. The van der Waals surface area contributed by atoms with Crippen molar-refractivity contribution in [3.8, 4) is 29.4 Å². The molecule has 0 atom stereocenters. The van der Waals surface area contributed by atoms with Gasteiger partial charge in [-0.15, -0.1) is 0 Å². The van der Waals surface area contributed by atoms with Gasteiger partial charge in [-0.2, -0.15) is 0 Å². The summed E-state index contributed by atoms with van der Waals surface area (Å²) >= 11 is 0. The van der Waals surface area contributed by atoms with Gasteiger partial charge >= 0.3 is 5.97 Å². The van der Waals surface area contributed by atoms with Crippen molar-refractivity contribution in [2.24, 2.45) is 0 Å². The first-order valence-corrected chi connectivity index (χ1v) is 9.40. The summed E-state index contributed by atoms with van der Waals surface area (Å²) in [6.07, 6.45) is 3.94. The molecule has 0 aromatic heterocycles. The number of esters is 1. The maximum Gasteiger partial charge on any atom is 0.341 e. The quantitative estimate of drug-likeness (QED) is 0.660. The lowest BCUT2D eigenvalue weighted by molar-refractivity contribution is 0.0597. The van der Waals surface area contributed by atoms with Gasteiger partial charge in [0.2, 0.25) is 0 Å². The fraction of sp³-hybridized carbons (Fsp3) is 0.292. The first kappa shape index (κ1) is 19.5. The topological polar surface area (TPSA) is 49.8 Å². The summed E-state index contributed by atoms with van der Waals surface area (Å²) in [5.41, 5.74) is 2.92. The number of aromatic hydroxyl groups is 1. The lowest BCUT2D eigenvalue weighted by atomic mass is 10.1. The van der Waals surface area contributed by atoms with E-state index in [0.29, 0.717) is 5.56 Å². The second-order valence-electron chi connectivity index (χ2n) is 6.76. The van der Waals surface area contributed by atoms with Gasteiger partial charge in [-0.25, -0.2) is 4.79 Å². The van der Waals surface area contributed by atoms with E-state index in [1.54, 1.807) is 6.07 Å². The SMILES string of the molecule is COC(=O)c1ccc(C#CC#Cc2ccc(CN3CCCCC3)cc2)cc1O. The predicted molar refractivity (Wildman–Crippen MR) is 109 cm³/mol. The Morgan fingerprint density at radius 3 is 2.29 bits per heavy atom. The highest BCUT2D eigenvalue weighted by atomic mass is 16.5. The summed E-state index contributed by atoms with van der Waals surface area (Å²) in [7, 11) is 1.27. The number of nitrogens with zero attached hydrogens (tertiary/aromatic N) is 1. The zero-order valence-corrected chi connectivity index (χ0v) is 16.0. The van der Waals surface area contributed by atoms with Gasteiger partial charge in [0.15, 0.2) is 0 Å². The largest absolute Gasteiger partial charge is 0.507 e. The molecule has 3 rings (SSSR count). The normalized spacial score (nSPS) is 13.6. The minimum absolute atomic E-state index is 0.115. The summed E-state index contributed by atoms with van der Waals surface area (Å²) in [6.45, 7) is 3.37. The van der Waals surface area contributed by atoms with E-state index >= 15 is 0 Å². The van der Waals surface area contributed by atoms with Crippen molar-refractivity contribution in [3.63, 3.8) is 0 Å². The fourth-order valence-electron chi connectivity index (χ4n) is 3.17. The van der Waals surface area contributed by atoms with Gasteiger partial charge in [-0.1, -0.05) is 30.4 Å². The number of methoxy groups -OCH3 is 1. The minimum atomic E-state index is -0.583. The Hall–Kier alpha value is -3.21. The summed E-state index contributed by atoms with van der Waals surface area (Å²) < 4.78 is 4.60. The number of likely N-dealkylation sites (tertiary alicyclic amines) is 1. The number of ether oxygens (including phenoxy) is 1. The number of hydrogen-bond acceptors (Lipinski definition) is 4. The van der Waals surface area contributed by atoms with Crippen molar-refractivity contribution in [1.29, 1.82) is 0 Å². The molecule has 142 valence electrons. The molecule has 28 heavy (non-hydrogen) atoms. The summed E-state index contributed by atoms with van der Waals surface area (Å²) in [5.74, 6) is 10.7. The van der Waals surface area contributed by atoms with Gasteiger partial charge in [-0.3, -0.25) is 4.90 Å². The van der Waals surface area contributed by atoms with Crippen molar-refractivity contribution in [2.75, 3.05) is 20.2 Å². The highest BCUT2D eigenvalue weighted by Gasteiger charge is 2.11. The van der Waals surface area contributed by atoms with Gasteiger partial charge in [-0.05, 0) is 73.7 Å². The molecule has 0 spiro atoms. The van der Waals surface area contributed by atoms with Crippen LogP contribution >= 0.6 is 0 Å². The number of carbonyl (C=O) groups is 1.